The van der Waals surface area contributed by atoms with Crippen LogP contribution in [0.3, 0.4) is 0 Å². The number of benzene rings is 1. The van der Waals surface area contributed by atoms with Gasteiger partial charge in [-0.05, 0) is 12.1 Å². The molecule has 0 aliphatic heterocycles. The Morgan fingerprint density at radius 2 is 1.83 bits per heavy atom. The van der Waals surface area contributed by atoms with Crippen LogP contribution in [-0.4, -0.2) is 40.8 Å². The van der Waals surface area contributed by atoms with E-state index in [0.717, 1.165) is 0 Å². The van der Waals surface area contributed by atoms with E-state index < -0.39 is 20.7 Å². The van der Waals surface area contributed by atoms with Crippen LogP contribution < -0.4 is 9.47 Å². The summed E-state index contributed by atoms with van der Waals surface area (Å²) < 4.78 is 41.7. The van der Waals surface area contributed by atoms with E-state index in [-0.39, 0.29) is 36.3 Å². The molecular weight excluding hydrogens is 383 g/mol. The molecule has 10 heteroatoms. The molecule has 1 rings (SSSR count). The first kappa shape index (κ1) is 20.8. The Hall–Kier alpha value is -1.22. The van der Waals surface area contributed by atoms with Crippen LogP contribution in [0.5, 0.6) is 11.5 Å². The van der Waals surface area contributed by atoms with Gasteiger partial charge in [-0.3, -0.25) is 4.18 Å². The first-order valence-electron chi connectivity index (χ1n) is 6.71. The fourth-order valence-electron chi connectivity index (χ4n) is 1.67. The molecule has 0 aliphatic rings. The highest BCUT2D eigenvalue weighted by Crippen LogP contribution is 2.30. The highest BCUT2D eigenvalue weighted by atomic mass is 35.7. The fraction of sp³-hybridized carbons (Fsp3) is 0.500. The Bertz CT molecular complexity index is 674. The summed E-state index contributed by atoms with van der Waals surface area (Å²) in [4.78, 5) is 12.4. The molecule has 0 atom stereocenters. The average Bonchev–Trinajstić information content (AvgIpc) is 2.50. The van der Waals surface area contributed by atoms with Crippen molar-refractivity contribution in [2.45, 2.75) is 13.8 Å². The lowest BCUT2D eigenvalue weighted by Crippen LogP contribution is -2.28. The number of carbonyl (C=O) groups excluding carboxylic acids is 1. The van der Waals surface area contributed by atoms with Crippen molar-refractivity contribution in [1.82, 2.24) is 0 Å². The van der Waals surface area contributed by atoms with Gasteiger partial charge in [-0.1, -0.05) is 31.5 Å². The Morgan fingerprint density at radius 3 is 2.38 bits per heavy atom. The van der Waals surface area contributed by atoms with E-state index in [1.54, 1.807) is 32.0 Å². The quantitative estimate of drug-likeness (QED) is 0.357. The molecule has 136 valence electrons. The van der Waals surface area contributed by atoms with Crippen molar-refractivity contribution in [3.8, 4) is 11.5 Å². The second-order valence-electron chi connectivity index (χ2n) is 5.48. The van der Waals surface area contributed by atoms with Gasteiger partial charge >= 0.3 is 15.3 Å². The van der Waals surface area contributed by atoms with Crippen LogP contribution in [0.15, 0.2) is 18.2 Å². The second-order valence-corrected chi connectivity index (χ2v) is 7.86. The molecule has 1 aromatic rings. The van der Waals surface area contributed by atoms with Gasteiger partial charge in [-0.15, -0.1) is 0 Å². The summed E-state index contributed by atoms with van der Waals surface area (Å²) in [7, 11) is 2.30. The van der Waals surface area contributed by atoms with Crippen LogP contribution in [0.2, 0.25) is 0 Å². The Kier molecular flexibility index (Phi) is 7.59. The van der Waals surface area contributed by atoms with Gasteiger partial charge in [-0.2, -0.15) is 8.42 Å². The molecule has 7 nitrogen and oxygen atoms in total. The van der Waals surface area contributed by atoms with Gasteiger partial charge in [0.25, 0.3) is 0 Å². The van der Waals surface area contributed by atoms with Crippen molar-refractivity contribution in [1.29, 1.82) is 0 Å². The minimum atomic E-state index is -4.10. The number of alkyl halides is 1. The van der Waals surface area contributed by atoms with Gasteiger partial charge in [0, 0.05) is 16.1 Å². The standard InChI is InChI=1S/C14H18Cl2O7S/c1-14(2,8-23-24(16,18)19)7-21-13(17)12-10(20-3)5-4-6-11(12)22-9-15/h4-6H,7-9H2,1-3H3. The number of hydrogen-bond donors (Lipinski definition) is 0. The predicted octanol–water partition coefficient (Wildman–Crippen LogP) is 2.95. The minimum Gasteiger partial charge on any atom is -0.496 e. The van der Waals surface area contributed by atoms with Crippen LogP contribution in [0, 0.1) is 5.41 Å². The topological polar surface area (TPSA) is 88.1 Å². The van der Waals surface area contributed by atoms with Crippen molar-refractivity contribution >= 4 is 37.6 Å². The first-order valence-corrected chi connectivity index (χ1v) is 9.48. The maximum atomic E-state index is 12.4. The SMILES string of the molecule is COc1cccc(OCCl)c1C(=O)OCC(C)(C)COS(=O)(=O)Cl. The summed E-state index contributed by atoms with van der Waals surface area (Å²) in [5, 5.41) is 0. The molecule has 0 heterocycles. The minimum absolute atomic E-state index is 0.0855. The zero-order chi connectivity index (χ0) is 18.4. The van der Waals surface area contributed by atoms with E-state index in [1.165, 1.54) is 7.11 Å². The summed E-state index contributed by atoms with van der Waals surface area (Å²) >= 11 is 5.54. The summed E-state index contributed by atoms with van der Waals surface area (Å²) in [6, 6.07) is 4.61. The lowest BCUT2D eigenvalue weighted by molar-refractivity contribution is 0.0251. The molecule has 0 unspecified atom stereocenters. The Balaban J connectivity index is 2.84. The van der Waals surface area contributed by atoms with Crippen LogP contribution in [-0.2, 0) is 18.3 Å². The van der Waals surface area contributed by atoms with Gasteiger partial charge < -0.3 is 14.2 Å². The summed E-state index contributed by atoms with van der Waals surface area (Å²) in [6.07, 6.45) is 0. The molecule has 0 bridgehead atoms. The van der Waals surface area contributed by atoms with Gasteiger partial charge in [0.1, 0.15) is 17.1 Å². The third-order valence-corrected chi connectivity index (χ3v) is 3.58. The predicted molar refractivity (Wildman–Crippen MR) is 89.1 cm³/mol. The number of rotatable bonds is 9. The zero-order valence-corrected chi connectivity index (χ0v) is 15.7. The van der Waals surface area contributed by atoms with E-state index >= 15 is 0 Å². The molecule has 0 aromatic heterocycles. The molecule has 0 fully saturated rings. The number of halogens is 2. The smallest absolute Gasteiger partial charge is 0.355 e. The number of ether oxygens (including phenoxy) is 3. The molecule has 0 N–H and O–H groups in total. The van der Waals surface area contributed by atoms with Crippen molar-refractivity contribution < 1.29 is 31.6 Å². The summed E-state index contributed by atoms with van der Waals surface area (Å²) in [5.74, 6) is -0.221. The molecule has 24 heavy (non-hydrogen) atoms. The molecule has 0 aliphatic carbocycles. The molecule has 0 saturated heterocycles. The van der Waals surface area contributed by atoms with E-state index in [1.807, 2.05) is 0 Å². The van der Waals surface area contributed by atoms with Crippen molar-refractivity contribution in [3.63, 3.8) is 0 Å². The molecule has 0 saturated carbocycles. The van der Waals surface area contributed by atoms with Gasteiger partial charge in [0.05, 0.1) is 20.3 Å². The van der Waals surface area contributed by atoms with E-state index in [0.29, 0.717) is 0 Å². The maximum absolute atomic E-state index is 12.4. The first-order chi connectivity index (χ1) is 11.1. The molecule has 0 spiro atoms. The van der Waals surface area contributed by atoms with E-state index in [4.69, 9.17) is 36.5 Å². The summed E-state index contributed by atoms with van der Waals surface area (Å²) in [6.45, 7) is 2.95. The highest BCUT2D eigenvalue weighted by Gasteiger charge is 2.26. The Labute approximate surface area is 150 Å². The van der Waals surface area contributed by atoms with Crippen molar-refractivity contribution in [2.24, 2.45) is 5.41 Å². The van der Waals surface area contributed by atoms with Gasteiger partial charge in [0.15, 0.2) is 6.07 Å². The van der Waals surface area contributed by atoms with E-state index in [2.05, 4.69) is 4.18 Å². The molecule has 0 amide bonds. The van der Waals surface area contributed by atoms with Crippen molar-refractivity contribution in [3.05, 3.63) is 23.8 Å². The Morgan fingerprint density at radius 1 is 1.21 bits per heavy atom. The van der Waals surface area contributed by atoms with Crippen molar-refractivity contribution in [2.75, 3.05) is 26.4 Å². The average molecular weight is 401 g/mol. The third kappa shape index (κ3) is 6.72. The lowest BCUT2D eigenvalue weighted by atomic mass is 9.96. The highest BCUT2D eigenvalue weighted by molar-refractivity contribution is 8.09. The second kappa shape index (κ2) is 8.75. The van der Waals surface area contributed by atoms with Crippen LogP contribution >= 0.6 is 22.3 Å². The fourth-order valence-corrected chi connectivity index (χ4v) is 2.38. The largest absolute Gasteiger partial charge is 0.496 e. The zero-order valence-electron chi connectivity index (χ0n) is 13.4. The van der Waals surface area contributed by atoms with Gasteiger partial charge in [0.2, 0.25) is 0 Å². The van der Waals surface area contributed by atoms with Crippen LogP contribution in [0.1, 0.15) is 24.2 Å². The number of methoxy groups -OCH3 is 1. The number of carbonyl (C=O) groups is 1. The maximum Gasteiger partial charge on any atom is 0.355 e. The van der Waals surface area contributed by atoms with Gasteiger partial charge in [-0.25, -0.2) is 4.79 Å². The summed E-state index contributed by atoms with van der Waals surface area (Å²) in [5.41, 5.74) is -0.699. The normalized spacial score (nSPS) is 11.9. The third-order valence-electron chi connectivity index (χ3n) is 2.81. The molecule has 0 radical (unpaired) electrons. The lowest BCUT2D eigenvalue weighted by Gasteiger charge is -2.23. The number of esters is 1. The van der Waals surface area contributed by atoms with Crippen LogP contribution in [0.4, 0.5) is 0 Å². The molecule has 1 aromatic carbocycles. The number of hydrogen-bond acceptors (Lipinski definition) is 7. The molecular formula is C14H18Cl2O7S. The van der Waals surface area contributed by atoms with Crippen LogP contribution in [0.25, 0.3) is 0 Å². The monoisotopic (exact) mass is 400 g/mol. The van der Waals surface area contributed by atoms with E-state index in [9.17, 15) is 13.2 Å².